The molecule has 0 fully saturated rings. The molecule has 3 amide bonds. The zero-order valence-corrected chi connectivity index (χ0v) is 16.4. The molecular formula is C17H15N3O4S3. The van der Waals surface area contributed by atoms with Crippen LogP contribution in [0.5, 0.6) is 0 Å². The fourth-order valence-electron chi connectivity index (χ4n) is 2.05. The van der Waals surface area contributed by atoms with E-state index in [0.29, 0.717) is 18.0 Å². The highest BCUT2D eigenvalue weighted by Crippen LogP contribution is 2.25. The van der Waals surface area contributed by atoms with Crippen molar-refractivity contribution in [1.82, 2.24) is 15.6 Å². The number of esters is 1. The molecule has 3 aromatic heterocycles. The first-order valence-electron chi connectivity index (χ1n) is 7.87. The number of ether oxygens (including phenoxy) is 1. The molecule has 0 aliphatic heterocycles. The molecule has 7 nitrogen and oxygen atoms in total. The predicted molar refractivity (Wildman–Crippen MR) is 105 cm³/mol. The van der Waals surface area contributed by atoms with Gasteiger partial charge in [0, 0.05) is 27.7 Å². The number of rotatable bonds is 7. The summed E-state index contributed by atoms with van der Waals surface area (Å²) in [6.45, 7) is -0.147. The molecule has 0 saturated heterocycles. The lowest BCUT2D eigenvalue weighted by Crippen LogP contribution is -2.42. The van der Waals surface area contributed by atoms with Gasteiger partial charge in [0.2, 0.25) is 0 Å². The van der Waals surface area contributed by atoms with Crippen LogP contribution in [-0.2, 0) is 16.0 Å². The minimum Gasteiger partial charge on any atom is -0.451 e. The molecule has 0 unspecified atom stereocenters. The maximum atomic E-state index is 12.0. The monoisotopic (exact) mass is 421 g/mol. The largest absolute Gasteiger partial charge is 0.451 e. The third kappa shape index (κ3) is 5.71. The minimum absolute atomic E-state index is 0.134. The van der Waals surface area contributed by atoms with E-state index in [2.05, 4.69) is 15.6 Å². The Morgan fingerprint density at radius 3 is 2.74 bits per heavy atom. The van der Waals surface area contributed by atoms with Gasteiger partial charge in [-0.05, 0) is 29.3 Å². The van der Waals surface area contributed by atoms with Crippen molar-refractivity contribution in [3.63, 3.8) is 0 Å². The van der Waals surface area contributed by atoms with Crippen LogP contribution in [0, 0.1) is 0 Å². The van der Waals surface area contributed by atoms with Crippen molar-refractivity contribution >= 4 is 51.9 Å². The van der Waals surface area contributed by atoms with E-state index in [1.165, 1.54) is 22.7 Å². The normalized spacial score (nSPS) is 10.4. The Bertz CT molecular complexity index is 904. The highest BCUT2D eigenvalue weighted by Gasteiger charge is 2.16. The Morgan fingerprint density at radius 1 is 1.11 bits per heavy atom. The van der Waals surface area contributed by atoms with Crippen molar-refractivity contribution in [3.8, 4) is 10.6 Å². The number of urea groups is 1. The van der Waals surface area contributed by atoms with E-state index in [-0.39, 0.29) is 5.69 Å². The van der Waals surface area contributed by atoms with Crippen LogP contribution in [0.25, 0.3) is 10.6 Å². The maximum Gasteiger partial charge on any atom is 0.358 e. The lowest BCUT2D eigenvalue weighted by Gasteiger charge is -2.06. The molecule has 140 valence electrons. The molecule has 0 spiro atoms. The third-order valence-electron chi connectivity index (χ3n) is 3.31. The van der Waals surface area contributed by atoms with E-state index < -0.39 is 24.5 Å². The number of thiazole rings is 1. The molecule has 10 heteroatoms. The Morgan fingerprint density at radius 2 is 2.00 bits per heavy atom. The number of nitrogens with zero attached hydrogens (tertiary/aromatic N) is 1. The van der Waals surface area contributed by atoms with Crippen molar-refractivity contribution in [2.75, 3.05) is 13.2 Å². The Kier molecular flexibility index (Phi) is 6.69. The number of carbonyl (C=O) groups is 3. The van der Waals surface area contributed by atoms with E-state index in [9.17, 15) is 14.4 Å². The summed E-state index contributed by atoms with van der Waals surface area (Å²) in [6, 6.07) is 5.19. The Balaban J connectivity index is 1.38. The van der Waals surface area contributed by atoms with Crippen molar-refractivity contribution in [2.24, 2.45) is 0 Å². The second-order valence-corrected chi connectivity index (χ2v) is 7.93. The standard InChI is InChI=1S/C17H15N3O4S3/c21-14(20-17(23)18-5-3-12-2-1-6-26-12)8-24-16(22)13-10-27-15(19-13)11-4-7-25-9-11/h1-2,4,6-7,9-10H,3,5,8H2,(H2,18,20,21,23). The molecule has 3 aromatic rings. The smallest absolute Gasteiger partial charge is 0.358 e. The number of carbonyl (C=O) groups excluding carboxylic acids is 3. The minimum atomic E-state index is -0.707. The van der Waals surface area contributed by atoms with Gasteiger partial charge in [-0.25, -0.2) is 14.6 Å². The highest BCUT2D eigenvalue weighted by atomic mass is 32.1. The van der Waals surface area contributed by atoms with Gasteiger partial charge in [0.25, 0.3) is 5.91 Å². The SMILES string of the molecule is O=C(COC(=O)c1csc(-c2ccsc2)n1)NC(=O)NCCc1cccs1. The van der Waals surface area contributed by atoms with E-state index in [0.717, 1.165) is 10.4 Å². The molecule has 3 rings (SSSR count). The van der Waals surface area contributed by atoms with E-state index in [4.69, 9.17) is 4.74 Å². The first-order valence-corrected chi connectivity index (χ1v) is 10.6. The van der Waals surface area contributed by atoms with Crippen LogP contribution in [0.3, 0.4) is 0 Å². The molecule has 0 bridgehead atoms. The number of thiophene rings is 2. The number of aromatic nitrogens is 1. The Hall–Kier alpha value is -2.56. The zero-order valence-electron chi connectivity index (χ0n) is 14.0. The highest BCUT2D eigenvalue weighted by molar-refractivity contribution is 7.14. The van der Waals surface area contributed by atoms with Gasteiger partial charge in [-0.3, -0.25) is 10.1 Å². The lowest BCUT2D eigenvalue weighted by molar-refractivity contribution is -0.123. The number of nitrogens with one attached hydrogen (secondary N) is 2. The summed E-state index contributed by atoms with van der Waals surface area (Å²) in [7, 11) is 0. The second kappa shape index (κ2) is 9.40. The van der Waals surface area contributed by atoms with E-state index >= 15 is 0 Å². The van der Waals surface area contributed by atoms with Gasteiger partial charge >= 0.3 is 12.0 Å². The van der Waals surface area contributed by atoms with Crippen molar-refractivity contribution in [1.29, 1.82) is 0 Å². The molecule has 0 aliphatic rings. The number of imide groups is 1. The summed E-state index contributed by atoms with van der Waals surface area (Å²) in [6.07, 6.45) is 0.685. The maximum absolute atomic E-state index is 12.0. The molecule has 0 aromatic carbocycles. The summed E-state index contributed by atoms with van der Waals surface area (Å²) in [5, 5.41) is 12.8. The van der Waals surface area contributed by atoms with Crippen LogP contribution in [0.15, 0.2) is 39.7 Å². The summed E-state index contributed by atoms with van der Waals surface area (Å²) < 4.78 is 4.90. The molecule has 0 atom stereocenters. The van der Waals surface area contributed by atoms with Crippen LogP contribution < -0.4 is 10.6 Å². The third-order valence-corrected chi connectivity index (χ3v) is 5.82. The van der Waals surface area contributed by atoms with Gasteiger partial charge in [0.05, 0.1) is 0 Å². The molecule has 0 radical (unpaired) electrons. The molecule has 0 aliphatic carbocycles. The van der Waals surface area contributed by atoms with Crippen LogP contribution in [0.4, 0.5) is 4.79 Å². The van der Waals surface area contributed by atoms with Gasteiger partial charge in [-0.1, -0.05) is 6.07 Å². The molecule has 2 N–H and O–H groups in total. The van der Waals surface area contributed by atoms with Gasteiger partial charge in [0.15, 0.2) is 12.3 Å². The topological polar surface area (TPSA) is 97.4 Å². The molecular weight excluding hydrogens is 406 g/mol. The first-order chi connectivity index (χ1) is 13.1. The fourth-order valence-corrected chi connectivity index (χ4v) is 4.26. The van der Waals surface area contributed by atoms with Crippen LogP contribution in [0.2, 0.25) is 0 Å². The van der Waals surface area contributed by atoms with Gasteiger partial charge in [-0.15, -0.1) is 22.7 Å². The van der Waals surface area contributed by atoms with Gasteiger partial charge in [-0.2, -0.15) is 11.3 Å². The summed E-state index contributed by atoms with van der Waals surface area (Å²) >= 11 is 4.45. The van der Waals surface area contributed by atoms with Crippen LogP contribution >= 0.6 is 34.0 Å². The molecule has 3 heterocycles. The van der Waals surface area contributed by atoms with Gasteiger partial charge < -0.3 is 10.1 Å². The lowest BCUT2D eigenvalue weighted by atomic mass is 10.3. The van der Waals surface area contributed by atoms with Crippen LogP contribution in [-0.4, -0.2) is 36.0 Å². The summed E-state index contributed by atoms with van der Waals surface area (Å²) in [4.78, 5) is 40.7. The van der Waals surface area contributed by atoms with Crippen molar-refractivity contribution < 1.29 is 19.1 Å². The van der Waals surface area contributed by atoms with Crippen molar-refractivity contribution in [3.05, 3.63) is 50.3 Å². The predicted octanol–water partition coefficient (Wildman–Crippen LogP) is 3.16. The van der Waals surface area contributed by atoms with E-state index in [1.807, 2.05) is 34.3 Å². The zero-order chi connectivity index (χ0) is 19.1. The first kappa shape index (κ1) is 19.2. The summed E-state index contributed by atoms with van der Waals surface area (Å²) in [5.41, 5.74) is 1.07. The fraction of sp³-hybridized carbons (Fsp3) is 0.176. The molecule has 27 heavy (non-hydrogen) atoms. The van der Waals surface area contributed by atoms with E-state index in [1.54, 1.807) is 16.7 Å². The average Bonchev–Trinajstić information content (AvgIpc) is 3.41. The number of amides is 3. The second-order valence-electron chi connectivity index (χ2n) is 5.26. The van der Waals surface area contributed by atoms with Crippen molar-refractivity contribution in [2.45, 2.75) is 6.42 Å². The van der Waals surface area contributed by atoms with Gasteiger partial charge in [0.1, 0.15) is 5.01 Å². The molecule has 0 saturated carbocycles. The summed E-state index contributed by atoms with van der Waals surface area (Å²) in [5.74, 6) is -1.41. The average molecular weight is 422 g/mol. The number of hydrogen-bond donors (Lipinski definition) is 2. The Labute approximate surface area is 167 Å². The number of hydrogen-bond acceptors (Lipinski definition) is 8. The van der Waals surface area contributed by atoms with Crippen LogP contribution in [0.1, 0.15) is 15.4 Å². The quantitative estimate of drug-likeness (QED) is 0.571.